The molecule has 20 heavy (non-hydrogen) atoms. The molecule has 0 saturated heterocycles. The second-order valence-corrected chi connectivity index (χ2v) is 6.15. The van der Waals surface area contributed by atoms with Crippen molar-refractivity contribution in [3.8, 4) is 0 Å². The van der Waals surface area contributed by atoms with Crippen LogP contribution in [0.4, 0.5) is 0 Å². The zero-order chi connectivity index (χ0) is 14.7. The maximum atomic E-state index is 12.2. The molecule has 2 aromatic rings. The highest BCUT2D eigenvalue weighted by molar-refractivity contribution is 7.99. The molecule has 0 aliphatic rings. The summed E-state index contributed by atoms with van der Waals surface area (Å²) < 4.78 is 0. The van der Waals surface area contributed by atoms with E-state index in [1.807, 2.05) is 19.2 Å². The number of amides is 1. The minimum absolute atomic E-state index is 0.0160. The van der Waals surface area contributed by atoms with E-state index in [-0.39, 0.29) is 23.8 Å². The quantitative estimate of drug-likeness (QED) is 0.795. The number of aromatic nitrogens is 1. The topological polar surface area (TPSA) is 65.1 Å². The van der Waals surface area contributed by atoms with Crippen LogP contribution >= 0.6 is 23.4 Å². The third kappa shape index (κ3) is 3.29. The number of benzene rings is 1. The van der Waals surface area contributed by atoms with Gasteiger partial charge in [0.15, 0.2) is 0 Å². The van der Waals surface area contributed by atoms with E-state index in [1.165, 1.54) is 11.8 Å². The van der Waals surface area contributed by atoms with Crippen LogP contribution in [-0.2, 0) is 0 Å². The summed E-state index contributed by atoms with van der Waals surface area (Å²) in [4.78, 5) is 15.2. The Labute approximate surface area is 126 Å². The lowest BCUT2D eigenvalue weighted by atomic mass is 10.2. The molecule has 0 fully saturated rings. The van der Waals surface area contributed by atoms with E-state index in [9.17, 15) is 9.90 Å². The minimum atomic E-state index is -0.183. The molecule has 1 aromatic heterocycles. The van der Waals surface area contributed by atoms with Gasteiger partial charge in [0.05, 0.1) is 6.61 Å². The van der Waals surface area contributed by atoms with Crippen LogP contribution in [0.15, 0.2) is 24.3 Å². The molecular formula is C14H17ClN2O2S. The number of halogens is 1. The van der Waals surface area contributed by atoms with E-state index < -0.39 is 0 Å². The molecule has 4 nitrogen and oxygen atoms in total. The first kappa shape index (κ1) is 15.2. The second-order valence-electron chi connectivity index (χ2n) is 4.63. The Morgan fingerprint density at radius 2 is 2.25 bits per heavy atom. The van der Waals surface area contributed by atoms with Crippen LogP contribution in [0.25, 0.3) is 10.9 Å². The Morgan fingerprint density at radius 3 is 2.90 bits per heavy atom. The average molecular weight is 313 g/mol. The van der Waals surface area contributed by atoms with Gasteiger partial charge < -0.3 is 15.4 Å². The number of hydrogen-bond acceptors (Lipinski definition) is 3. The van der Waals surface area contributed by atoms with Gasteiger partial charge in [0.25, 0.3) is 5.91 Å². The van der Waals surface area contributed by atoms with Gasteiger partial charge in [0, 0.05) is 27.2 Å². The van der Waals surface area contributed by atoms with E-state index in [2.05, 4.69) is 10.3 Å². The summed E-state index contributed by atoms with van der Waals surface area (Å²) in [6.45, 7) is 1.92. The number of aliphatic hydroxyl groups is 1. The highest BCUT2D eigenvalue weighted by atomic mass is 35.5. The first-order chi connectivity index (χ1) is 9.55. The van der Waals surface area contributed by atoms with Crippen molar-refractivity contribution in [1.29, 1.82) is 0 Å². The predicted molar refractivity (Wildman–Crippen MR) is 84.6 cm³/mol. The third-order valence-electron chi connectivity index (χ3n) is 3.23. The van der Waals surface area contributed by atoms with E-state index in [0.717, 1.165) is 10.9 Å². The van der Waals surface area contributed by atoms with Crippen LogP contribution in [0.1, 0.15) is 17.4 Å². The third-order valence-corrected chi connectivity index (χ3v) is 4.63. The molecule has 6 heteroatoms. The maximum absolute atomic E-state index is 12.2. The standard InChI is InChI=1S/C14H17ClN2O2S/c1-8(13(7-18)20-2)16-14(19)12-5-9-3-4-10(15)6-11(9)17-12/h3-6,8,13,17-18H,7H2,1-2H3,(H,16,19). The zero-order valence-corrected chi connectivity index (χ0v) is 12.9. The lowest BCUT2D eigenvalue weighted by molar-refractivity contribution is 0.0931. The fourth-order valence-electron chi connectivity index (χ4n) is 2.04. The molecule has 1 aromatic carbocycles. The number of rotatable bonds is 5. The Balaban J connectivity index is 2.15. The summed E-state index contributed by atoms with van der Waals surface area (Å²) in [5.41, 5.74) is 1.32. The average Bonchev–Trinajstić information content (AvgIpc) is 2.83. The van der Waals surface area contributed by atoms with Crippen molar-refractivity contribution in [3.05, 3.63) is 35.0 Å². The number of aromatic amines is 1. The van der Waals surface area contributed by atoms with Gasteiger partial charge >= 0.3 is 0 Å². The van der Waals surface area contributed by atoms with Crippen LogP contribution in [0.3, 0.4) is 0 Å². The largest absolute Gasteiger partial charge is 0.395 e. The first-order valence-corrected chi connectivity index (χ1v) is 7.94. The van der Waals surface area contributed by atoms with Crippen molar-refractivity contribution in [3.63, 3.8) is 0 Å². The summed E-state index contributed by atoms with van der Waals surface area (Å²) in [5.74, 6) is -0.183. The summed E-state index contributed by atoms with van der Waals surface area (Å²) >= 11 is 7.45. The second kappa shape index (κ2) is 6.52. The number of hydrogen-bond donors (Lipinski definition) is 3. The van der Waals surface area contributed by atoms with Crippen LogP contribution in [0.5, 0.6) is 0 Å². The lowest BCUT2D eigenvalue weighted by Gasteiger charge is -2.20. The molecule has 1 amide bonds. The van der Waals surface area contributed by atoms with Gasteiger partial charge in [-0.3, -0.25) is 4.79 Å². The van der Waals surface area contributed by atoms with Crippen molar-refractivity contribution < 1.29 is 9.90 Å². The van der Waals surface area contributed by atoms with Crippen LogP contribution in [-0.4, -0.2) is 40.2 Å². The molecule has 108 valence electrons. The van der Waals surface area contributed by atoms with Crippen molar-refractivity contribution in [2.75, 3.05) is 12.9 Å². The van der Waals surface area contributed by atoms with Gasteiger partial charge in [-0.25, -0.2) is 0 Å². The van der Waals surface area contributed by atoms with E-state index in [4.69, 9.17) is 11.6 Å². The monoisotopic (exact) mass is 312 g/mol. The van der Waals surface area contributed by atoms with Gasteiger partial charge in [-0.1, -0.05) is 17.7 Å². The highest BCUT2D eigenvalue weighted by Gasteiger charge is 2.19. The number of aliphatic hydroxyl groups excluding tert-OH is 1. The van der Waals surface area contributed by atoms with Gasteiger partial charge in [0.1, 0.15) is 5.69 Å². The Morgan fingerprint density at radius 1 is 1.50 bits per heavy atom. The molecule has 2 unspecified atom stereocenters. The molecule has 2 atom stereocenters. The number of thioether (sulfide) groups is 1. The molecular weight excluding hydrogens is 296 g/mol. The highest BCUT2D eigenvalue weighted by Crippen LogP contribution is 2.20. The minimum Gasteiger partial charge on any atom is -0.395 e. The van der Waals surface area contributed by atoms with E-state index >= 15 is 0 Å². The number of nitrogens with one attached hydrogen (secondary N) is 2. The molecule has 0 aliphatic heterocycles. The fourth-order valence-corrected chi connectivity index (χ4v) is 2.83. The molecule has 0 bridgehead atoms. The molecule has 0 aliphatic carbocycles. The van der Waals surface area contributed by atoms with Crippen molar-refractivity contribution in [2.24, 2.45) is 0 Å². The molecule has 0 radical (unpaired) electrons. The number of fused-ring (bicyclic) bond motifs is 1. The fraction of sp³-hybridized carbons (Fsp3) is 0.357. The first-order valence-electron chi connectivity index (χ1n) is 6.28. The Kier molecular flexibility index (Phi) is 4.96. The number of carbonyl (C=O) groups excluding carboxylic acids is 1. The van der Waals surface area contributed by atoms with Crippen LogP contribution in [0, 0.1) is 0 Å². The zero-order valence-electron chi connectivity index (χ0n) is 11.3. The lowest BCUT2D eigenvalue weighted by Crippen LogP contribution is -2.41. The Hall–Kier alpha value is -1.17. The van der Waals surface area contributed by atoms with Crippen LogP contribution in [0.2, 0.25) is 5.02 Å². The number of H-pyrrole nitrogens is 1. The van der Waals surface area contributed by atoms with Crippen molar-refractivity contribution in [2.45, 2.75) is 18.2 Å². The van der Waals surface area contributed by atoms with Gasteiger partial charge in [-0.05, 0) is 31.4 Å². The SMILES string of the molecule is CSC(CO)C(C)NC(=O)c1cc2ccc(Cl)cc2[nH]1. The summed E-state index contributed by atoms with van der Waals surface area (Å²) in [6.07, 6.45) is 1.91. The molecule has 1 heterocycles. The van der Waals surface area contributed by atoms with Crippen molar-refractivity contribution >= 4 is 40.2 Å². The van der Waals surface area contributed by atoms with Crippen LogP contribution < -0.4 is 5.32 Å². The summed E-state index contributed by atoms with van der Waals surface area (Å²) in [6, 6.07) is 7.12. The van der Waals surface area contributed by atoms with Crippen molar-refractivity contribution in [1.82, 2.24) is 10.3 Å². The summed E-state index contributed by atoms with van der Waals surface area (Å²) in [7, 11) is 0. The smallest absolute Gasteiger partial charge is 0.267 e. The van der Waals surface area contributed by atoms with E-state index in [0.29, 0.717) is 10.7 Å². The predicted octanol–water partition coefficient (Wildman–Crippen LogP) is 2.66. The van der Waals surface area contributed by atoms with Gasteiger partial charge in [0.2, 0.25) is 0 Å². The number of carbonyl (C=O) groups is 1. The van der Waals surface area contributed by atoms with Gasteiger partial charge in [-0.2, -0.15) is 11.8 Å². The molecule has 0 spiro atoms. The van der Waals surface area contributed by atoms with E-state index in [1.54, 1.807) is 18.2 Å². The molecule has 2 rings (SSSR count). The molecule has 0 saturated carbocycles. The summed E-state index contributed by atoms with van der Waals surface area (Å²) in [5, 5.41) is 13.7. The molecule has 3 N–H and O–H groups in total. The van der Waals surface area contributed by atoms with Gasteiger partial charge in [-0.15, -0.1) is 0 Å². The maximum Gasteiger partial charge on any atom is 0.267 e. The Bertz CT molecular complexity index is 610. The normalized spacial score (nSPS) is 14.2.